The molecule has 0 aromatic heterocycles. The Hall–Kier alpha value is -3.06. The van der Waals surface area contributed by atoms with Crippen molar-refractivity contribution in [1.82, 2.24) is 5.32 Å². The summed E-state index contributed by atoms with van der Waals surface area (Å²) in [5, 5.41) is 8.49. The van der Waals surface area contributed by atoms with E-state index in [4.69, 9.17) is 16.3 Å². The molecule has 0 unspecified atom stereocenters. The molecule has 2 aromatic carbocycles. The molecular formula is C22H26ClN3O4. The van der Waals surface area contributed by atoms with Gasteiger partial charge < -0.3 is 20.7 Å². The smallest absolute Gasteiger partial charge is 0.408 e. The first kappa shape index (κ1) is 23.2. The lowest BCUT2D eigenvalue weighted by atomic mass is 10.1. The molecule has 30 heavy (non-hydrogen) atoms. The van der Waals surface area contributed by atoms with Crippen molar-refractivity contribution in [2.45, 2.75) is 39.2 Å². The van der Waals surface area contributed by atoms with Gasteiger partial charge in [-0.25, -0.2) is 4.79 Å². The Morgan fingerprint density at radius 1 is 0.933 bits per heavy atom. The van der Waals surface area contributed by atoms with Crippen molar-refractivity contribution in [3.05, 3.63) is 59.1 Å². The third-order valence-electron chi connectivity index (χ3n) is 3.80. The fourth-order valence-corrected chi connectivity index (χ4v) is 2.74. The number of hydrogen-bond acceptors (Lipinski definition) is 4. The highest BCUT2D eigenvalue weighted by molar-refractivity contribution is 6.30. The van der Waals surface area contributed by atoms with Gasteiger partial charge >= 0.3 is 6.09 Å². The van der Waals surface area contributed by atoms with E-state index in [1.165, 1.54) is 0 Å². The molecule has 0 spiro atoms. The van der Waals surface area contributed by atoms with Gasteiger partial charge in [-0.3, -0.25) is 9.59 Å². The minimum atomic E-state index is -0.680. The monoisotopic (exact) mass is 431 g/mol. The minimum Gasteiger partial charge on any atom is -0.444 e. The molecule has 0 atom stereocenters. The Kier molecular flexibility index (Phi) is 8.24. The van der Waals surface area contributed by atoms with Crippen LogP contribution in [0.1, 0.15) is 32.8 Å². The average Bonchev–Trinajstić information content (AvgIpc) is 2.65. The largest absolute Gasteiger partial charge is 0.444 e. The number of benzene rings is 2. The summed E-state index contributed by atoms with van der Waals surface area (Å²) >= 11 is 5.96. The summed E-state index contributed by atoms with van der Waals surface area (Å²) in [6, 6.07) is 14.2. The van der Waals surface area contributed by atoms with Crippen molar-refractivity contribution < 1.29 is 19.1 Å². The number of rotatable bonds is 7. The molecular weight excluding hydrogens is 406 g/mol. The first-order valence-corrected chi connectivity index (χ1v) is 9.90. The van der Waals surface area contributed by atoms with Crippen LogP contribution in [0.4, 0.5) is 16.2 Å². The molecule has 0 saturated heterocycles. The number of aryl methyl sites for hydroxylation is 1. The SMILES string of the molecule is CC(C)(C)OC(=O)NCC(=O)Nc1ccccc1NC(=O)CCc1cccc(Cl)c1. The summed E-state index contributed by atoms with van der Waals surface area (Å²) in [6.07, 6.45) is 0.129. The molecule has 3 N–H and O–H groups in total. The van der Waals surface area contributed by atoms with Gasteiger partial charge in [-0.1, -0.05) is 35.9 Å². The maximum absolute atomic E-state index is 12.3. The summed E-state index contributed by atoms with van der Waals surface area (Å²) in [5.74, 6) is -0.634. The van der Waals surface area contributed by atoms with E-state index in [-0.39, 0.29) is 18.9 Å². The van der Waals surface area contributed by atoms with Crippen molar-refractivity contribution in [3.8, 4) is 0 Å². The number of halogens is 1. The van der Waals surface area contributed by atoms with E-state index in [0.717, 1.165) is 5.56 Å². The molecule has 3 amide bonds. The van der Waals surface area contributed by atoms with Crippen LogP contribution in [0.2, 0.25) is 5.02 Å². The summed E-state index contributed by atoms with van der Waals surface area (Å²) < 4.78 is 5.09. The lowest BCUT2D eigenvalue weighted by molar-refractivity contribution is -0.116. The number of para-hydroxylation sites is 2. The third-order valence-corrected chi connectivity index (χ3v) is 4.03. The minimum absolute atomic E-state index is 0.191. The standard InChI is InChI=1S/C22H26ClN3O4/c1-22(2,3)30-21(29)24-14-20(28)26-18-10-5-4-9-17(18)25-19(27)12-11-15-7-6-8-16(23)13-15/h4-10,13H,11-12,14H2,1-3H3,(H,24,29)(H,25,27)(H,26,28). The van der Waals surface area contributed by atoms with E-state index >= 15 is 0 Å². The van der Waals surface area contributed by atoms with Crippen LogP contribution in [-0.4, -0.2) is 30.1 Å². The Morgan fingerprint density at radius 2 is 1.57 bits per heavy atom. The Labute approximate surface area is 181 Å². The fourth-order valence-electron chi connectivity index (χ4n) is 2.53. The van der Waals surface area contributed by atoms with E-state index in [1.807, 2.05) is 18.2 Å². The van der Waals surface area contributed by atoms with Gasteiger partial charge in [-0.2, -0.15) is 0 Å². The number of nitrogens with one attached hydrogen (secondary N) is 3. The van der Waals surface area contributed by atoms with E-state index in [2.05, 4.69) is 16.0 Å². The molecule has 0 heterocycles. The molecule has 0 aliphatic heterocycles. The van der Waals surface area contributed by atoms with Crippen molar-refractivity contribution in [2.24, 2.45) is 0 Å². The van der Waals surface area contributed by atoms with Gasteiger partial charge in [0.2, 0.25) is 11.8 Å². The maximum atomic E-state index is 12.3. The number of amides is 3. The normalized spacial score (nSPS) is 10.8. The highest BCUT2D eigenvalue weighted by Crippen LogP contribution is 2.21. The van der Waals surface area contributed by atoms with E-state index in [1.54, 1.807) is 51.1 Å². The maximum Gasteiger partial charge on any atom is 0.408 e. The predicted octanol–water partition coefficient (Wildman–Crippen LogP) is 4.37. The summed E-state index contributed by atoms with van der Waals surface area (Å²) in [6.45, 7) is 4.94. The van der Waals surface area contributed by atoms with Gasteiger partial charge in [0.25, 0.3) is 0 Å². The zero-order chi connectivity index (χ0) is 22.1. The third kappa shape index (κ3) is 8.53. The predicted molar refractivity (Wildman–Crippen MR) is 118 cm³/mol. The lowest BCUT2D eigenvalue weighted by Gasteiger charge is -2.19. The second kappa shape index (κ2) is 10.6. The van der Waals surface area contributed by atoms with Crippen LogP contribution in [0.25, 0.3) is 0 Å². The van der Waals surface area contributed by atoms with Crippen LogP contribution in [0.3, 0.4) is 0 Å². The summed E-state index contributed by atoms with van der Waals surface area (Å²) in [5.41, 5.74) is 1.22. The van der Waals surface area contributed by atoms with Crippen LogP contribution >= 0.6 is 11.6 Å². The number of ether oxygens (including phenoxy) is 1. The first-order chi connectivity index (χ1) is 14.1. The quantitative estimate of drug-likeness (QED) is 0.606. The number of hydrogen-bond donors (Lipinski definition) is 3. The fraction of sp³-hybridized carbons (Fsp3) is 0.318. The number of anilines is 2. The molecule has 0 aliphatic rings. The number of carbonyl (C=O) groups is 3. The van der Waals surface area contributed by atoms with Crippen molar-refractivity contribution in [3.63, 3.8) is 0 Å². The highest BCUT2D eigenvalue weighted by Gasteiger charge is 2.17. The van der Waals surface area contributed by atoms with E-state index < -0.39 is 17.6 Å². The summed E-state index contributed by atoms with van der Waals surface area (Å²) in [4.78, 5) is 36.1. The zero-order valence-electron chi connectivity index (χ0n) is 17.3. The second-order valence-corrected chi connectivity index (χ2v) is 8.06. The van der Waals surface area contributed by atoms with Gasteiger partial charge in [0.1, 0.15) is 12.1 Å². The Balaban J connectivity index is 1.88. The highest BCUT2D eigenvalue weighted by atomic mass is 35.5. The number of carbonyl (C=O) groups excluding carboxylic acids is 3. The molecule has 0 saturated carbocycles. The Bertz CT molecular complexity index is 909. The van der Waals surface area contributed by atoms with Crippen molar-refractivity contribution in [1.29, 1.82) is 0 Å². The lowest BCUT2D eigenvalue weighted by Crippen LogP contribution is -2.37. The molecule has 0 fully saturated rings. The van der Waals surface area contributed by atoms with Gasteiger partial charge in [-0.15, -0.1) is 0 Å². The number of alkyl carbamates (subject to hydrolysis) is 1. The molecule has 8 heteroatoms. The average molecular weight is 432 g/mol. The van der Waals surface area contributed by atoms with E-state index in [0.29, 0.717) is 22.8 Å². The van der Waals surface area contributed by atoms with Crippen LogP contribution in [0, 0.1) is 0 Å². The molecule has 2 rings (SSSR count). The second-order valence-electron chi connectivity index (χ2n) is 7.63. The molecule has 0 radical (unpaired) electrons. The molecule has 7 nitrogen and oxygen atoms in total. The van der Waals surface area contributed by atoms with Crippen LogP contribution in [0.5, 0.6) is 0 Å². The topological polar surface area (TPSA) is 96.5 Å². The van der Waals surface area contributed by atoms with Gasteiger partial charge in [0.05, 0.1) is 11.4 Å². The van der Waals surface area contributed by atoms with E-state index in [9.17, 15) is 14.4 Å². The first-order valence-electron chi connectivity index (χ1n) is 9.52. The van der Waals surface area contributed by atoms with Crippen molar-refractivity contribution >= 4 is 40.9 Å². The van der Waals surface area contributed by atoms with Crippen LogP contribution in [-0.2, 0) is 20.7 Å². The molecule has 160 valence electrons. The summed E-state index contributed by atoms with van der Waals surface area (Å²) in [7, 11) is 0. The molecule has 0 aliphatic carbocycles. The van der Waals surface area contributed by atoms with Crippen molar-refractivity contribution in [2.75, 3.05) is 17.2 Å². The molecule has 2 aromatic rings. The zero-order valence-corrected chi connectivity index (χ0v) is 18.0. The van der Waals surface area contributed by atoms with Crippen LogP contribution in [0.15, 0.2) is 48.5 Å². The van der Waals surface area contributed by atoms with Gasteiger partial charge in [0, 0.05) is 11.4 Å². The molecule has 0 bridgehead atoms. The van der Waals surface area contributed by atoms with Gasteiger partial charge in [0.15, 0.2) is 0 Å². The Morgan fingerprint density at radius 3 is 2.17 bits per heavy atom. The van der Waals surface area contributed by atoms with Gasteiger partial charge in [-0.05, 0) is 57.0 Å². The van der Waals surface area contributed by atoms with Crippen LogP contribution < -0.4 is 16.0 Å².